The summed E-state index contributed by atoms with van der Waals surface area (Å²) in [6, 6.07) is -0.653. The lowest BCUT2D eigenvalue weighted by molar-refractivity contribution is -0.137. The predicted octanol–water partition coefficient (Wildman–Crippen LogP) is 5.38. The fourth-order valence-corrected chi connectivity index (χ4v) is 5.06. The molecule has 1 N–H and O–H groups in total. The van der Waals surface area contributed by atoms with Gasteiger partial charge in [-0.25, -0.2) is 14.5 Å². The SMILES string of the molecule is CC(C)(C)OC(=O)N(C(=O)OC(C)(C)C)C1CN(C(=O)c2noc(C(CCCC3CCCCC3)CC(=O)O)n2)C1. The zero-order chi connectivity index (χ0) is 29.7. The van der Waals surface area contributed by atoms with E-state index in [1.165, 1.54) is 37.0 Å². The van der Waals surface area contributed by atoms with Crippen LogP contribution in [0.4, 0.5) is 9.59 Å². The number of imide groups is 1. The number of amides is 3. The smallest absolute Gasteiger partial charge is 0.420 e. The highest BCUT2D eigenvalue weighted by molar-refractivity contribution is 5.92. The van der Waals surface area contributed by atoms with E-state index >= 15 is 0 Å². The summed E-state index contributed by atoms with van der Waals surface area (Å²) in [5.41, 5.74) is -1.67. The molecule has 1 atom stereocenters. The zero-order valence-electron chi connectivity index (χ0n) is 24.6. The largest absolute Gasteiger partial charge is 0.481 e. The monoisotopic (exact) mass is 564 g/mol. The van der Waals surface area contributed by atoms with Crippen molar-refractivity contribution in [3.05, 3.63) is 11.7 Å². The minimum Gasteiger partial charge on any atom is -0.481 e. The summed E-state index contributed by atoms with van der Waals surface area (Å²) >= 11 is 0. The lowest BCUT2D eigenvalue weighted by atomic mass is 9.84. The molecule has 1 aromatic heterocycles. The van der Waals surface area contributed by atoms with Crippen LogP contribution in [0.3, 0.4) is 0 Å². The molecule has 1 aliphatic carbocycles. The molecule has 0 aromatic carbocycles. The highest BCUT2D eigenvalue weighted by Gasteiger charge is 2.45. The second-order valence-electron chi connectivity index (χ2n) is 12.9. The highest BCUT2D eigenvalue weighted by atomic mass is 16.6. The van der Waals surface area contributed by atoms with E-state index in [1.54, 1.807) is 41.5 Å². The van der Waals surface area contributed by atoms with E-state index in [-0.39, 0.29) is 31.2 Å². The number of aromatic nitrogens is 2. The molecule has 224 valence electrons. The number of carbonyl (C=O) groups excluding carboxylic acids is 3. The summed E-state index contributed by atoms with van der Waals surface area (Å²) in [4.78, 5) is 56.7. The lowest BCUT2D eigenvalue weighted by Gasteiger charge is -2.43. The average molecular weight is 565 g/mol. The fraction of sp³-hybridized carbons (Fsp3) is 0.786. The summed E-state index contributed by atoms with van der Waals surface area (Å²) in [5, 5.41) is 13.2. The van der Waals surface area contributed by atoms with Gasteiger partial charge < -0.3 is 24.0 Å². The third-order valence-corrected chi connectivity index (χ3v) is 6.99. The maximum atomic E-state index is 13.0. The maximum absolute atomic E-state index is 13.0. The third kappa shape index (κ3) is 9.19. The molecule has 0 radical (unpaired) electrons. The molecule has 0 spiro atoms. The molecule has 40 heavy (non-hydrogen) atoms. The van der Waals surface area contributed by atoms with Gasteiger partial charge >= 0.3 is 18.2 Å². The number of likely N-dealkylation sites (tertiary alicyclic amines) is 1. The molecule has 3 rings (SSSR count). The quantitative estimate of drug-likeness (QED) is 0.414. The first-order valence-electron chi connectivity index (χ1n) is 14.2. The van der Waals surface area contributed by atoms with Crippen LogP contribution in [-0.2, 0) is 14.3 Å². The third-order valence-electron chi connectivity index (χ3n) is 6.99. The second-order valence-corrected chi connectivity index (χ2v) is 12.9. The topological polar surface area (TPSA) is 152 Å². The molecular formula is C28H44N4O8. The number of aliphatic carboxylic acids is 1. The van der Waals surface area contributed by atoms with Gasteiger partial charge in [-0.2, -0.15) is 4.98 Å². The summed E-state index contributed by atoms with van der Waals surface area (Å²) in [6.45, 7) is 10.2. The summed E-state index contributed by atoms with van der Waals surface area (Å²) < 4.78 is 16.1. The molecule has 1 saturated carbocycles. The molecule has 2 heterocycles. The fourth-order valence-electron chi connectivity index (χ4n) is 5.06. The van der Waals surface area contributed by atoms with E-state index in [1.807, 2.05) is 0 Å². The molecule has 1 saturated heterocycles. The predicted molar refractivity (Wildman–Crippen MR) is 144 cm³/mol. The van der Waals surface area contributed by atoms with Crippen LogP contribution < -0.4 is 0 Å². The van der Waals surface area contributed by atoms with E-state index < -0.39 is 47.2 Å². The van der Waals surface area contributed by atoms with Crippen LogP contribution in [0, 0.1) is 5.92 Å². The molecule has 0 bridgehead atoms. The first-order chi connectivity index (χ1) is 18.6. The molecule has 1 aliphatic heterocycles. The van der Waals surface area contributed by atoms with Crippen LogP contribution >= 0.6 is 0 Å². The van der Waals surface area contributed by atoms with Crippen molar-refractivity contribution in [1.29, 1.82) is 0 Å². The van der Waals surface area contributed by atoms with E-state index in [0.717, 1.165) is 17.7 Å². The minimum atomic E-state index is -0.969. The van der Waals surface area contributed by atoms with E-state index in [9.17, 15) is 24.3 Å². The van der Waals surface area contributed by atoms with Crippen molar-refractivity contribution in [2.75, 3.05) is 13.1 Å². The van der Waals surface area contributed by atoms with Gasteiger partial charge in [0.2, 0.25) is 5.89 Å². The first-order valence-corrected chi connectivity index (χ1v) is 14.2. The Morgan fingerprint density at radius 3 is 2.10 bits per heavy atom. The Morgan fingerprint density at radius 1 is 1.00 bits per heavy atom. The van der Waals surface area contributed by atoms with Crippen LogP contribution in [0.2, 0.25) is 0 Å². The number of carboxylic acid groups (broad SMARTS) is 1. The van der Waals surface area contributed by atoms with Gasteiger partial charge in [0, 0.05) is 19.0 Å². The Labute approximate surface area is 235 Å². The van der Waals surface area contributed by atoms with Gasteiger partial charge in [0.1, 0.15) is 11.2 Å². The van der Waals surface area contributed by atoms with Crippen molar-refractivity contribution in [2.45, 2.75) is 122 Å². The maximum Gasteiger partial charge on any atom is 0.420 e. The van der Waals surface area contributed by atoms with Gasteiger partial charge in [0.15, 0.2) is 0 Å². The van der Waals surface area contributed by atoms with Crippen molar-refractivity contribution in [3.63, 3.8) is 0 Å². The molecular weight excluding hydrogens is 520 g/mol. The van der Waals surface area contributed by atoms with E-state index in [4.69, 9.17) is 14.0 Å². The summed E-state index contributed by atoms with van der Waals surface area (Å²) in [5.74, 6) is -1.35. The van der Waals surface area contributed by atoms with Gasteiger partial charge in [-0.15, -0.1) is 0 Å². The Morgan fingerprint density at radius 2 is 1.57 bits per heavy atom. The Kier molecular flexibility index (Phi) is 10.2. The normalized spacial score (nSPS) is 17.6. The Bertz CT molecular complexity index is 1020. The van der Waals surface area contributed by atoms with Crippen molar-refractivity contribution in [2.24, 2.45) is 5.92 Å². The number of rotatable bonds is 9. The first kappa shape index (κ1) is 31.3. The Balaban J connectivity index is 1.62. The summed E-state index contributed by atoms with van der Waals surface area (Å²) in [7, 11) is 0. The molecule has 1 unspecified atom stereocenters. The molecule has 12 heteroatoms. The highest BCUT2D eigenvalue weighted by Crippen LogP contribution is 2.31. The molecule has 2 aliphatic rings. The number of hydrogen-bond donors (Lipinski definition) is 1. The number of hydrogen-bond acceptors (Lipinski definition) is 9. The van der Waals surface area contributed by atoms with Gasteiger partial charge in [-0.3, -0.25) is 9.59 Å². The molecule has 12 nitrogen and oxygen atoms in total. The van der Waals surface area contributed by atoms with Crippen molar-refractivity contribution in [3.8, 4) is 0 Å². The van der Waals surface area contributed by atoms with Crippen LogP contribution in [0.5, 0.6) is 0 Å². The molecule has 1 aromatic rings. The minimum absolute atomic E-state index is 0.0428. The van der Waals surface area contributed by atoms with Crippen LogP contribution in [0.1, 0.15) is 122 Å². The van der Waals surface area contributed by atoms with Gasteiger partial charge in [-0.05, 0) is 53.9 Å². The average Bonchev–Trinajstić information content (AvgIpc) is 3.28. The van der Waals surface area contributed by atoms with E-state index in [0.29, 0.717) is 12.3 Å². The second kappa shape index (κ2) is 13.0. The number of carbonyl (C=O) groups is 4. The zero-order valence-corrected chi connectivity index (χ0v) is 24.6. The number of ether oxygens (including phenoxy) is 2. The van der Waals surface area contributed by atoms with Gasteiger partial charge in [0.25, 0.3) is 11.7 Å². The molecule has 3 amide bonds. The summed E-state index contributed by atoms with van der Waals surface area (Å²) in [6.07, 6.45) is 6.84. The van der Waals surface area contributed by atoms with Gasteiger partial charge in [-0.1, -0.05) is 50.1 Å². The van der Waals surface area contributed by atoms with Crippen LogP contribution in [0.15, 0.2) is 4.52 Å². The standard InChI is InChI=1S/C28H44N4O8/c1-27(2,3)38-25(36)32(26(37)39-28(4,5)6)20-16-31(17-20)24(35)22-29-23(40-30-22)19(15-21(33)34)14-10-13-18-11-8-7-9-12-18/h18-20H,7-17H2,1-6H3,(H,33,34). The Hall–Kier alpha value is -3.18. The van der Waals surface area contributed by atoms with Crippen LogP contribution in [-0.4, -0.2) is 79.4 Å². The molecule has 2 fully saturated rings. The van der Waals surface area contributed by atoms with Gasteiger partial charge in [0.05, 0.1) is 12.5 Å². The number of nitrogens with zero attached hydrogens (tertiary/aromatic N) is 4. The van der Waals surface area contributed by atoms with Crippen LogP contribution in [0.25, 0.3) is 0 Å². The number of carboxylic acids is 1. The lowest BCUT2D eigenvalue weighted by Crippen LogP contribution is -2.64. The van der Waals surface area contributed by atoms with E-state index in [2.05, 4.69) is 10.1 Å². The van der Waals surface area contributed by atoms with Crippen molar-refractivity contribution >= 4 is 24.1 Å². The van der Waals surface area contributed by atoms with Crippen molar-refractivity contribution < 1.29 is 38.3 Å². The van der Waals surface area contributed by atoms with Crippen molar-refractivity contribution in [1.82, 2.24) is 19.9 Å².